The summed E-state index contributed by atoms with van der Waals surface area (Å²) in [6.45, 7) is 2.18. The number of anilines is 2. The highest BCUT2D eigenvalue weighted by Gasteiger charge is 2.30. The molecule has 9 nitrogen and oxygen atoms in total. The molecule has 0 aliphatic heterocycles. The minimum atomic E-state index is -1.51. The zero-order chi connectivity index (χ0) is 16.2. The van der Waals surface area contributed by atoms with Crippen molar-refractivity contribution in [1.29, 1.82) is 0 Å². The van der Waals surface area contributed by atoms with Crippen molar-refractivity contribution in [2.24, 2.45) is 5.92 Å². The van der Waals surface area contributed by atoms with Gasteiger partial charge >= 0.3 is 5.69 Å². The van der Waals surface area contributed by atoms with Crippen LogP contribution in [0.15, 0.2) is 9.59 Å². The molecule has 9 heteroatoms. The van der Waals surface area contributed by atoms with E-state index < -0.39 is 36.6 Å². The summed E-state index contributed by atoms with van der Waals surface area (Å²) in [6, 6.07) is 0. The Balaban J connectivity index is 3.37. The highest BCUT2D eigenvalue weighted by atomic mass is 16.3. The van der Waals surface area contributed by atoms with Gasteiger partial charge in [-0.2, -0.15) is 0 Å². The number of rotatable bonds is 7. The predicted molar refractivity (Wildman–Crippen MR) is 78.2 cm³/mol. The van der Waals surface area contributed by atoms with Crippen LogP contribution >= 0.6 is 0 Å². The molecule has 0 radical (unpaired) electrons. The van der Waals surface area contributed by atoms with Gasteiger partial charge in [0.15, 0.2) is 0 Å². The van der Waals surface area contributed by atoms with E-state index in [2.05, 4.69) is 10.3 Å². The lowest BCUT2D eigenvalue weighted by molar-refractivity contribution is 0.0833. The molecule has 0 saturated carbocycles. The van der Waals surface area contributed by atoms with Crippen molar-refractivity contribution in [2.45, 2.75) is 25.9 Å². The molecule has 0 fully saturated rings. The van der Waals surface area contributed by atoms with Gasteiger partial charge in [-0.1, -0.05) is 13.8 Å². The average Bonchev–Trinajstić information content (AvgIpc) is 2.44. The van der Waals surface area contributed by atoms with Crippen molar-refractivity contribution < 1.29 is 15.3 Å². The smallest absolute Gasteiger partial charge is 0.330 e. The number of aromatic nitrogens is 2. The molecular weight excluding hydrogens is 280 g/mol. The highest BCUT2D eigenvalue weighted by Crippen LogP contribution is 2.17. The van der Waals surface area contributed by atoms with Crippen molar-refractivity contribution >= 4 is 11.5 Å². The first-order valence-electron chi connectivity index (χ1n) is 6.53. The lowest BCUT2D eigenvalue weighted by Crippen LogP contribution is -2.51. The largest absolute Gasteiger partial charge is 0.394 e. The van der Waals surface area contributed by atoms with Crippen LogP contribution in [0.1, 0.15) is 13.8 Å². The number of hydrogen-bond acceptors (Lipinski definition) is 7. The quantitative estimate of drug-likeness (QED) is 0.337. The molecule has 0 aliphatic carbocycles. The number of aromatic amines is 1. The normalized spacial score (nSPS) is 11.9. The summed E-state index contributed by atoms with van der Waals surface area (Å²) in [6.07, 6.45) is 0. The molecule has 21 heavy (non-hydrogen) atoms. The van der Waals surface area contributed by atoms with Crippen molar-refractivity contribution in [3.63, 3.8) is 0 Å². The molecule has 0 spiro atoms. The number of aliphatic hydroxyl groups is 3. The number of nitrogens with two attached hydrogens (primary N) is 1. The van der Waals surface area contributed by atoms with Crippen LogP contribution in [0.4, 0.5) is 11.5 Å². The molecule has 1 rings (SSSR count). The van der Waals surface area contributed by atoms with Crippen molar-refractivity contribution in [2.75, 3.05) is 30.9 Å². The molecule has 0 saturated heterocycles. The minimum Gasteiger partial charge on any atom is -0.394 e. The van der Waals surface area contributed by atoms with E-state index in [0.717, 1.165) is 0 Å². The van der Waals surface area contributed by atoms with Crippen LogP contribution in [-0.4, -0.2) is 50.2 Å². The Morgan fingerprint density at radius 3 is 2.19 bits per heavy atom. The summed E-state index contributed by atoms with van der Waals surface area (Å²) in [5, 5.41) is 30.4. The van der Waals surface area contributed by atoms with Gasteiger partial charge in [0, 0.05) is 6.54 Å². The van der Waals surface area contributed by atoms with E-state index in [1.54, 1.807) is 0 Å². The van der Waals surface area contributed by atoms with Crippen molar-refractivity contribution in [3.05, 3.63) is 20.8 Å². The van der Waals surface area contributed by atoms with E-state index in [1.165, 1.54) is 4.57 Å². The number of nitrogen functional groups attached to an aromatic ring is 1. The van der Waals surface area contributed by atoms with E-state index >= 15 is 0 Å². The summed E-state index contributed by atoms with van der Waals surface area (Å²) in [5.74, 6) is -0.000732. The van der Waals surface area contributed by atoms with Crippen molar-refractivity contribution in [3.8, 4) is 0 Å². The lowest BCUT2D eigenvalue weighted by atomic mass is 10.0. The first-order chi connectivity index (χ1) is 9.80. The number of aliphatic hydroxyl groups excluding tert-OH is 3. The van der Waals surface area contributed by atoms with E-state index in [0.29, 0.717) is 6.54 Å². The molecule has 0 unspecified atom stereocenters. The Morgan fingerprint density at radius 2 is 1.76 bits per heavy atom. The fourth-order valence-electron chi connectivity index (χ4n) is 1.79. The second-order valence-electron chi connectivity index (χ2n) is 5.40. The van der Waals surface area contributed by atoms with Gasteiger partial charge in [-0.3, -0.25) is 14.3 Å². The SMILES string of the molecule is CC(C)Cn1c(N)c(NC(CO)(CO)CO)c(=O)[nH]c1=O. The van der Waals surface area contributed by atoms with Crippen molar-refractivity contribution in [1.82, 2.24) is 9.55 Å². The van der Waals surface area contributed by atoms with E-state index in [4.69, 9.17) is 5.73 Å². The molecule has 7 N–H and O–H groups in total. The second-order valence-corrected chi connectivity index (χ2v) is 5.40. The summed E-state index contributed by atoms with van der Waals surface area (Å²) in [7, 11) is 0. The van der Waals surface area contributed by atoms with Gasteiger partial charge < -0.3 is 26.4 Å². The summed E-state index contributed by atoms with van der Waals surface area (Å²) < 4.78 is 1.19. The number of nitrogens with one attached hydrogen (secondary N) is 2. The molecule has 0 amide bonds. The lowest BCUT2D eigenvalue weighted by Gasteiger charge is -2.30. The van der Waals surface area contributed by atoms with Gasteiger partial charge in [-0.15, -0.1) is 0 Å². The number of hydrogen-bond donors (Lipinski definition) is 6. The van der Waals surface area contributed by atoms with Crippen LogP contribution < -0.4 is 22.3 Å². The molecule has 1 aromatic heterocycles. The van der Waals surface area contributed by atoms with Gasteiger partial charge in [0.25, 0.3) is 5.56 Å². The van der Waals surface area contributed by atoms with E-state index in [9.17, 15) is 24.9 Å². The third kappa shape index (κ3) is 3.63. The molecule has 0 atom stereocenters. The maximum absolute atomic E-state index is 11.9. The van der Waals surface area contributed by atoms with Gasteiger partial charge in [0.2, 0.25) is 0 Å². The fraction of sp³-hybridized carbons (Fsp3) is 0.667. The molecular formula is C12H22N4O5. The van der Waals surface area contributed by atoms with Gasteiger partial charge in [0.1, 0.15) is 17.0 Å². The van der Waals surface area contributed by atoms with Crippen LogP contribution in [-0.2, 0) is 6.54 Å². The average molecular weight is 302 g/mol. The molecule has 1 heterocycles. The van der Waals surface area contributed by atoms with Crippen LogP contribution in [0.3, 0.4) is 0 Å². The molecule has 120 valence electrons. The third-order valence-corrected chi connectivity index (χ3v) is 3.09. The standard InChI is InChI=1S/C12H22N4O5/c1-7(2)3-16-9(13)8(10(20)14-11(16)21)15-12(4-17,5-18)6-19/h7,15,17-19H,3-6,13H2,1-2H3,(H,14,20,21). The monoisotopic (exact) mass is 302 g/mol. The zero-order valence-corrected chi connectivity index (χ0v) is 12.1. The Labute approximate surface area is 121 Å². The van der Waals surface area contributed by atoms with Gasteiger partial charge in [-0.25, -0.2) is 4.79 Å². The molecule has 0 aliphatic rings. The predicted octanol–water partition coefficient (Wildman–Crippen LogP) is -2.10. The number of nitrogens with zero attached hydrogens (tertiary/aromatic N) is 1. The van der Waals surface area contributed by atoms with Gasteiger partial charge in [-0.05, 0) is 5.92 Å². The summed E-state index contributed by atoms with van der Waals surface area (Å²) in [4.78, 5) is 25.8. The topological polar surface area (TPSA) is 154 Å². The first kappa shape index (κ1) is 17.2. The van der Waals surface area contributed by atoms with E-state index in [-0.39, 0.29) is 17.4 Å². The molecule has 0 bridgehead atoms. The highest BCUT2D eigenvalue weighted by molar-refractivity contribution is 5.61. The van der Waals surface area contributed by atoms with E-state index in [1.807, 2.05) is 13.8 Å². The van der Waals surface area contributed by atoms with Crippen LogP contribution in [0.25, 0.3) is 0 Å². The number of H-pyrrole nitrogens is 1. The summed E-state index contributed by atoms with van der Waals surface area (Å²) in [5.41, 5.74) is 2.73. The minimum absolute atomic E-state index is 0.113. The third-order valence-electron chi connectivity index (χ3n) is 3.09. The Hall–Kier alpha value is -1.84. The second kappa shape index (κ2) is 6.74. The van der Waals surface area contributed by atoms with Crippen LogP contribution in [0.2, 0.25) is 0 Å². The van der Waals surface area contributed by atoms with Gasteiger partial charge in [0.05, 0.1) is 19.8 Å². The molecule has 1 aromatic rings. The Kier molecular flexibility index (Phi) is 5.53. The fourth-order valence-corrected chi connectivity index (χ4v) is 1.79. The Bertz CT molecular complexity index is 580. The Morgan fingerprint density at radius 1 is 1.24 bits per heavy atom. The first-order valence-corrected chi connectivity index (χ1v) is 6.53. The van der Waals surface area contributed by atoms with Crippen LogP contribution in [0.5, 0.6) is 0 Å². The maximum Gasteiger partial charge on any atom is 0.330 e. The summed E-state index contributed by atoms with van der Waals surface area (Å²) >= 11 is 0. The van der Waals surface area contributed by atoms with Crippen LogP contribution in [0, 0.1) is 5.92 Å². The maximum atomic E-state index is 11.9. The molecule has 0 aromatic carbocycles. The zero-order valence-electron chi connectivity index (χ0n) is 12.1.